The number of hydrogen-bond donors (Lipinski definition) is 9. The number of unbranched alkanes of at least 4 members (excludes halogenated alkanes) is 19. The number of amides is 2. The van der Waals surface area contributed by atoms with Crippen molar-refractivity contribution in [3.8, 4) is 0 Å². The van der Waals surface area contributed by atoms with Crippen LogP contribution in [0.4, 0.5) is 5.82 Å². The highest BCUT2D eigenvalue weighted by molar-refractivity contribution is 8.13. The van der Waals surface area contributed by atoms with E-state index in [-0.39, 0.29) is 41.6 Å². The third-order valence-electron chi connectivity index (χ3n) is 12.0. The number of nitrogens with one attached hydrogen (secondary N) is 2. The Morgan fingerprint density at radius 3 is 1.89 bits per heavy atom. The molecular formula is C44H80N7O17P3S. The monoisotopic (exact) mass is 1100 g/mol. The lowest BCUT2D eigenvalue weighted by atomic mass is 9.87. The first-order valence-electron chi connectivity index (χ1n) is 25.1. The van der Waals surface area contributed by atoms with Gasteiger partial charge in [0.1, 0.15) is 36.3 Å². The SMILES string of the molecule is CCCCCCCCCCCCCCCCCCCCCCC(=O)SCCNC(=O)CCNC(=O)C(O)C(C)(C)COP(=O)(O)OP(=O)(O)OCC1OC(n2cnc3c(N)ncnc32)C(O)C1OP(=O)(O)O. The Morgan fingerprint density at radius 2 is 1.33 bits per heavy atom. The second-order valence-electron chi connectivity index (χ2n) is 18.8. The molecule has 414 valence electrons. The predicted molar refractivity (Wildman–Crippen MR) is 270 cm³/mol. The number of aliphatic hydroxyl groups is 2. The van der Waals surface area contributed by atoms with Gasteiger partial charge in [0.25, 0.3) is 0 Å². The maximum absolute atomic E-state index is 12.8. The first-order valence-corrected chi connectivity index (χ1v) is 30.6. The number of nitrogen functional groups attached to an aromatic ring is 1. The van der Waals surface area contributed by atoms with Crippen molar-refractivity contribution < 1.29 is 80.5 Å². The predicted octanol–water partition coefficient (Wildman–Crippen LogP) is 6.88. The standard InChI is InChI=1S/C44H80N7O17P3S/c1-4-5-6-7-8-9-10-11-12-13-14-15-16-17-18-19-20-21-22-23-24-35(53)72-28-27-46-34(52)25-26-47-42(56)39(55)44(2,3)30-65-71(62,63)68-70(60,61)64-29-33-38(67-69(57,58)59)37(54)43(66-33)51-32-50-36-40(45)48-31-49-41(36)51/h31-33,37-39,43,54-55H,4-30H2,1-3H3,(H,46,52)(H,47,56)(H,60,61)(H,62,63)(H2,45,48,49)(H2,57,58,59). The second-order valence-corrected chi connectivity index (χ2v) is 24.1. The minimum atomic E-state index is -5.58. The van der Waals surface area contributed by atoms with Gasteiger partial charge < -0.3 is 50.9 Å². The van der Waals surface area contributed by atoms with E-state index in [9.17, 15) is 57.9 Å². The van der Waals surface area contributed by atoms with E-state index in [0.717, 1.165) is 48.2 Å². The number of rotatable bonds is 40. The first kappa shape index (κ1) is 63.8. The van der Waals surface area contributed by atoms with Crippen LogP contribution in [0.25, 0.3) is 11.2 Å². The van der Waals surface area contributed by atoms with Crippen LogP contribution < -0.4 is 16.4 Å². The lowest BCUT2D eigenvalue weighted by molar-refractivity contribution is -0.137. The Labute approximate surface area is 426 Å². The molecule has 0 aliphatic carbocycles. The molecule has 72 heavy (non-hydrogen) atoms. The molecule has 0 radical (unpaired) electrons. The van der Waals surface area contributed by atoms with Crippen molar-refractivity contribution in [3.63, 3.8) is 0 Å². The normalized spacial score (nSPS) is 19.5. The average Bonchev–Trinajstić information content (AvgIpc) is 3.87. The summed E-state index contributed by atoms with van der Waals surface area (Å²) in [4.78, 5) is 88.6. The van der Waals surface area contributed by atoms with Crippen molar-refractivity contribution in [1.29, 1.82) is 0 Å². The molecule has 7 unspecified atom stereocenters. The highest BCUT2D eigenvalue weighted by Crippen LogP contribution is 2.61. The molecule has 1 aliphatic heterocycles. The number of phosphoric ester groups is 3. The summed E-state index contributed by atoms with van der Waals surface area (Å²) in [5.74, 6) is -1.01. The number of nitrogens with zero attached hydrogens (tertiary/aromatic N) is 4. The number of imidazole rings is 1. The van der Waals surface area contributed by atoms with Gasteiger partial charge >= 0.3 is 23.5 Å². The van der Waals surface area contributed by atoms with Crippen LogP contribution in [0.15, 0.2) is 12.7 Å². The molecule has 3 rings (SSSR count). The molecule has 3 heterocycles. The Hall–Kier alpha value is -2.44. The van der Waals surface area contributed by atoms with Gasteiger partial charge in [-0.3, -0.25) is 32.5 Å². The number of aromatic nitrogens is 4. The Balaban J connectivity index is 1.23. The molecule has 2 amide bonds. The minimum absolute atomic E-state index is 0.0345. The van der Waals surface area contributed by atoms with E-state index in [1.54, 1.807) is 0 Å². The number of thioether (sulfide) groups is 1. The number of aliphatic hydroxyl groups excluding tert-OH is 2. The second kappa shape index (κ2) is 32.9. The van der Waals surface area contributed by atoms with Gasteiger partial charge in [0.2, 0.25) is 11.8 Å². The van der Waals surface area contributed by atoms with Crippen LogP contribution in [-0.4, -0.2) is 123 Å². The third-order valence-corrected chi connectivity index (χ3v) is 16.0. The molecule has 28 heteroatoms. The van der Waals surface area contributed by atoms with Gasteiger partial charge in [-0.15, -0.1) is 0 Å². The number of ether oxygens (including phenoxy) is 1. The van der Waals surface area contributed by atoms with Gasteiger partial charge in [-0.25, -0.2) is 28.6 Å². The lowest BCUT2D eigenvalue weighted by Crippen LogP contribution is -2.46. The van der Waals surface area contributed by atoms with Crippen molar-refractivity contribution in [2.24, 2.45) is 5.41 Å². The van der Waals surface area contributed by atoms with Crippen LogP contribution in [0.2, 0.25) is 0 Å². The minimum Gasteiger partial charge on any atom is -0.386 e. The van der Waals surface area contributed by atoms with E-state index in [4.69, 9.17) is 19.5 Å². The molecule has 10 N–H and O–H groups in total. The van der Waals surface area contributed by atoms with Crippen molar-refractivity contribution in [2.45, 2.75) is 193 Å². The number of carbonyl (C=O) groups excluding carboxylic acids is 3. The fraction of sp³-hybridized carbons (Fsp3) is 0.818. The summed E-state index contributed by atoms with van der Waals surface area (Å²) in [5.41, 5.74) is 4.30. The Bertz CT molecular complexity index is 2090. The molecule has 1 aliphatic rings. The van der Waals surface area contributed by atoms with E-state index >= 15 is 0 Å². The van der Waals surface area contributed by atoms with Crippen LogP contribution in [0.3, 0.4) is 0 Å². The van der Waals surface area contributed by atoms with Crippen molar-refractivity contribution in [3.05, 3.63) is 12.7 Å². The zero-order valence-electron chi connectivity index (χ0n) is 41.9. The summed E-state index contributed by atoms with van der Waals surface area (Å²) in [7, 11) is -16.4. The van der Waals surface area contributed by atoms with E-state index < -0.39 is 84.6 Å². The van der Waals surface area contributed by atoms with Crippen molar-refractivity contribution in [2.75, 3.05) is 37.8 Å². The van der Waals surface area contributed by atoms with Gasteiger partial charge in [-0.1, -0.05) is 155 Å². The number of nitrogens with two attached hydrogens (primary N) is 1. The highest BCUT2D eigenvalue weighted by Gasteiger charge is 2.50. The smallest absolute Gasteiger partial charge is 0.386 e. The Kier molecular flexibility index (Phi) is 29.2. The van der Waals surface area contributed by atoms with E-state index in [2.05, 4.69) is 41.3 Å². The molecule has 24 nitrogen and oxygen atoms in total. The molecule has 0 spiro atoms. The number of carbonyl (C=O) groups is 3. The topological polar surface area (TPSA) is 364 Å². The summed E-state index contributed by atoms with van der Waals surface area (Å²) in [6, 6.07) is 0. The van der Waals surface area contributed by atoms with Gasteiger partial charge in [0, 0.05) is 37.1 Å². The van der Waals surface area contributed by atoms with Gasteiger partial charge in [-0.2, -0.15) is 4.31 Å². The van der Waals surface area contributed by atoms with E-state index in [1.807, 2.05) is 0 Å². The van der Waals surface area contributed by atoms with Crippen LogP contribution in [0.1, 0.15) is 168 Å². The summed E-state index contributed by atoms with van der Waals surface area (Å²) in [6.45, 7) is 2.85. The van der Waals surface area contributed by atoms with Crippen LogP contribution in [0.5, 0.6) is 0 Å². The molecule has 2 aromatic rings. The molecule has 0 bridgehead atoms. The first-order chi connectivity index (χ1) is 34.1. The summed E-state index contributed by atoms with van der Waals surface area (Å²) in [5, 5.41) is 26.7. The van der Waals surface area contributed by atoms with Crippen LogP contribution >= 0.6 is 35.2 Å². The molecule has 2 aromatic heterocycles. The van der Waals surface area contributed by atoms with Crippen molar-refractivity contribution >= 4 is 69.1 Å². The highest BCUT2D eigenvalue weighted by atomic mass is 32.2. The zero-order chi connectivity index (χ0) is 53.2. The van der Waals surface area contributed by atoms with E-state index in [0.29, 0.717) is 12.2 Å². The molecule has 0 aromatic carbocycles. The van der Waals surface area contributed by atoms with Gasteiger partial charge in [0.05, 0.1) is 19.5 Å². The molecule has 0 saturated carbocycles. The van der Waals surface area contributed by atoms with E-state index in [1.165, 1.54) is 123 Å². The zero-order valence-corrected chi connectivity index (χ0v) is 45.4. The van der Waals surface area contributed by atoms with Crippen molar-refractivity contribution in [1.82, 2.24) is 30.2 Å². The Morgan fingerprint density at radius 1 is 0.792 bits per heavy atom. The molecule has 1 fully saturated rings. The summed E-state index contributed by atoms with van der Waals surface area (Å²) in [6.07, 6.45) is 19.5. The maximum Gasteiger partial charge on any atom is 0.481 e. The van der Waals surface area contributed by atoms with Crippen LogP contribution in [0, 0.1) is 5.41 Å². The third kappa shape index (κ3) is 24.9. The number of hydrogen-bond acceptors (Lipinski definition) is 18. The fourth-order valence-corrected chi connectivity index (χ4v) is 11.4. The summed E-state index contributed by atoms with van der Waals surface area (Å²) >= 11 is 1.16. The number of anilines is 1. The number of fused-ring (bicyclic) bond motifs is 1. The number of phosphoric acid groups is 3. The van der Waals surface area contributed by atoms with Crippen LogP contribution in [-0.2, 0) is 50.7 Å². The quantitative estimate of drug-likeness (QED) is 0.0242. The average molecular weight is 1100 g/mol. The molecule has 7 atom stereocenters. The lowest BCUT2D eigenvalue weighted by Gasteiger charge is -2.30. The molecule has 1 saturated heterocycles. The molecular weight excluding hydrogens is 1020 g/mol. The largest absolute Gasteiger partial charge is 0.481 e. The van der Waals surface area contributed by atoms with Gasteiger partial charge in [0.15, 0.2) is 22.8 Å². The fourth-order valence-electron chi connectivity index (χ4n) is 7.89. The van der Waals surface area contributed by atoms with Gasteiger partial charge in [-0.05, 0) is 6.42 Å². The summed E-state index contributed by atoms with van der Waals surface area (Å²) < 4.78 is 62.5. The maximum atomic E-state index is 12.8.